The van der Waals surface area contributed by atoms with Crippen molar-refractivity contribution in [3.8, 4) is 0 Å². The first-order valence-electron chi connectivity index (χ1n) is 4.06. The van der Waals surface area contributed by atoms with Crippen LogP contribution in [0.2, 0.25) is 0 Å². The second kappa shape index (κ2) is 3.26. The maximum absolute atomic E-state index is 11.0. The maximum Gasteiger partial charge on any atom is 0.265 e. The van der Waals surface area contributed by atoms with E-state index in [1.807, 2.05) is 0 Å². The van der Waals surface area contributed by atoms with E-state index < -0.39 is 21.6 Å². The largest absolute Gasteiger partial charge is 0.367 e. The van der Waals surface area contributed by atoms with Crippen LogP contribution < -0.4 is 5.73 Å². The minimum absolute atomic E-state index is 0.398. The Kier molecular flexibility index (Phi) is 2.63. The normalized spacial score (nSPS) is 21.6. The summed E-state index contributed by atoms with van der Waals surface area (Å²) < 4.78 is 26.5. The van der Waals surface area contributed by atoms with Crippen molar-refractivity contribution >= 4 is 16.0 Å². The number of carbonyl (C=O) groups excluding carboxylic acids is 1. The Hall–Kier alpha value is -0.620. The number of rotatable bonds is 3. The molecule has 0 spiro atoms. The van der Waals surface area contributed by atoms with Crippen molar-refractivity contribution in [1.29, 1.82) is 0 Å². The van der Waals surface area contributed by atoms with Gasteiger partial charge in [-0.3, -0.25) is 8.98 Å². The maximum atomic E-state index is 11.0. The van der Waals surface area contributed by atoms with Crippen molar-refractivity contribution in [2.45, 2.75) is 31.3 Å². The molecule has 0 aromatic heterocycles. The fraction of sp³-hybridized carbons (Fsp3) is 0.857. The zero-order valence-corrected chi connectivity index (χ0v) is 8.26. The minimum Gasteiger partial charge on any atom is -0.367 e. The van der Waals surface area contributed by atoms with Crippen molar-refractivity contribution in [2.75, 3.05) is 6.26 Å². The quantitative estimate of drug-likeness (QED) is 0.647. The third kappa shape index (κ3) is 2.41. The van der Waals surface area contributed by atoms with Crippen LogP contribution in [0.4, 0.5) is 0 Å². The van der Waals surface area contributed by atoms with Gasteiger partial charge in [-0.2, -0.15) is 8.42 Å². The van der Waals surface area contributed by atoms with Gasteiger partial charge in [0, 0.05) is 0 Å². The number of amides is 1. The topological polar surface area (TPSA) is 86.5 Å². The summed E-state index contributed by atoms with van der Waals surface area (Å²) in [7, 11) is -3.61. The Labute approximate surface area is 77.4 Å². The van der Waals surface area contributed by atoms with E-state index >= 15 is 0 Å². The van der Waals surface area contributed by atoms with Gasteiger partial charge in [0.15, 0.2) is 5.60 Å². The average molecular weight is 207 g/mol. The lowest BCUT2D eigenvalue weighted by atomic mass is 10.0. The molecule has 1 rings (SSSR count). The number of hydrogen-bond donors (Lipinski definition) is 1. The van der Waals surface area contributed by atoms with Gasteiger partial charge in [0.25, 0.3) is 16.0 Å². The van der Waals surface area contributed by atoms with Crippen LogP contribution in [0.15, 0.2) is 0 Å². The van der Waals surface area contributed by atoms with Gasteiger partial charge in [0.2, 0.25) is 0 Å². The number of nitrogens with two attached hydrogens (primary N) is 1. The Morgan fingerprint density at radius 1 is 1.38 bits per heavy atom. The van der Waals surface area contributed by atoms with E-state index in [0.29, 0.717) is 12.8 Å². The molecule has 1 aliphatic carbocycles. The molecule has 0 aliphatic heterocycles. The van der Waals surface area contributed by atoms with Crippen LogP contribution >= 0.6 is 0 Å². The molecule has 0 bridgehead atoms. The summed E-state index contributed by atoms with van der Waals surface area (Å²) in [4.78, 5) is 11.0. The van der Waals surface area contributed by atoms with E-state index in [1.54, 1.807) is 0 Å². The molecule has 0 saturated heterocycles. The van der Waals surface area contributed by atoms with Gasteiger partial charge in [-0.25, -0.2) is 0 Å². The molecule has 0 aromatic carbocycles. The van der Waals surface area contributed by atoms with Gasteiger partial charge in [0.1, 0.15) is 0 Å². The Morgan fingerprint density at radius 2 is 1.85 bits per heavy atom. The van der Waals surface area contributed by atoms with Crippen LogP contribution in [-0.4, -0.2) is 26.2 Å². The summed E-state index contributed by atoms with van der Waals surface area (Å²) in [5.41, 5.74) is 3.84. The lowest BCUT2D eigenvalue weighted by Crippen LogP contribution is -2.45. The van der Waals surface area contributed by atoms with Crippen molar-refractivity contribution in [2.24, 2.45) is 5.73 Å². The smallest absolute Gasteiger partial charge is 0.265 e. The van der Waals surface area contributed by atoms with Crippen molar-refractivity contribution < 1.29 is 17.4 Å². The number of primary amides is 1. The fourth-order valence-electron chi connectivity index (χ4n) is 1.61. The standard InChI is InChI=1S/C7H13NO4S/c1-13(10,11)12-7(6(8)9)4-2-3-5-7/h2-5H2,1H3,(H2,8,9). The number of hydrogen-bond acceptors (Lipinski definition) is 4. The van der Waals surface area contributed by atoms with E-state index in [-0.39, 0.29) is 0 Å². The molecule has 1 saturated carbocycles. The zero-order valence-electron chi connectivity index (χ0n) is 7.45. The molecule has 5 nitrogen and oxygen atoms in total. The molecule has 1 fully saturated rings. The SMILES string of the molecule is CS(=O)(=O)OC1(C(N)=O)CCCC1. The van der Waals surface area contributed by atoms with Gasteiger partial charge in [0.05, 0.1) is 6.26 Å². The molecule has 76 valence electrons. The van der Waals surface area contributed by atoms with Gasteiger partial charge < -0.3 is 5.73 Å². The zero-order chi connectivity index (χ0) is 10.1. The van der Waals surface area contributed by atoms with Crippen LogP contribution in [0.5, 0.6) is 0 Å². The van der Waals surface area contributed by atoms with Gasteiger partial charge >= 0.3 is 0 Å². The monoisotopic (exact) mass is 207 g/mol. The molecule has 0 atom stereocenters. The summed E-state index contributed by atoms with van der Waals surface area (Å²) in [6.45, 7) is 0. The number of carbonyl (C=O) groups is 1. The molecule has 13 heavy (non-hydrogen) atoms. The van der Waals surface area contributed by atoms with Crippen LogP contribution in [-0.2, 0) is 19.1 Å². The highest BCUT2D eigenvalue weighted by Gasteiger charge is 2.43. The molecule has 0 unspecified atom stereocenters. The van der Waals surface area contributed by atoms with Crippen LogP contribution in [0.3, 0.4) is 0 Å². The molecule has 2 N–H and O–H groups in total. The highest BCUT2D eigenvalue weighted by Crippen LogP contribution is 2.34. The molecule has 0 heterocycles. The van der Waals surface area contributed by atoms with Gasteiger partial charge in [-0.05, 0) is 25.7 Å². The van der Waals surface area contributed by atoms with Crippen LogP contribution in [0, 0.1) is 0 Å². The van der Waals surface area contributed by atoms with Crippen molar-refractivity contribution in [3.63, 3.8) is 0 Å². The van der Waals surface area contributed by atoms with E-state index in [0.717, 1.165) is 19.1 Å². The summed E-state index contributed by atoms with van der Waals surface area (Å²) in [6.07, 6.45) is 3.28. The summed E-state index contributed by atoms with van der Waals surface area (Å²) >= 11 is 0. The molecule has 0 radical (unpaired) electrons. The molecule has 0 aromatic rings. The third-order valence-corrected chi connectivity index (χ3v) is 2.79. The van der Waals surface area contributed by atoms with Gasteiger partial charge in [-0.1, -0.05) is 0 Å². The molecular formula is C7H13NO4S. The Bertz CT molecular complexity index is 302. The van der Waals surface area contributed by atoms with Crippen molar-refractivity contribution in [3.05, 3.63) is 0 Å². The van der Waals surface area contributed by atoms with Crippen molar-refractivity contribution in [1.82, 2.24) is 0 Å². The highest BCUT2D eigenvalue weighted by atomic mass is 32.2. The minimum atomic E-state index is -3.61. The predicted molar refractivity (Wildman–Crippen MR) is 46.3 cm³/mol. The molecular weight excluding hydrogens is 194 g/mol. The summed E-state index contributed by atoms with van der Waals surface area (Å²) in [5, 5.41) is 0. The lowest BCUT2D eigenvalue weighted by Gasteiger charge is -2.23. The first-order chi connectivity index (χ1) is 5.86. The van der Waals surface area contributed by atoms with Crippen LogP contribution in [0.25, 0.3) is 0 Å². The van der Waals surface area contributed by atoms with E-state index in [1.165, 1.54) is 0 Å². The Morgan fingerprint density at radius 3 is 2.15 bits per heavy atom. The first kappa shape index (κ1) is 10.5. The second-order valence-electron chi connectivity index (χ2n) is 3.35. The lowest BCUT2D eigenvalue weighted by molar-refractivity contribution is -0.132. The summed E-state index contributed by atoms with van der Waals surface area (Å²) in [5.74, 6) is -0.685. The first-order valence-corrected chi connectivity index (χ1v) is 5.88. The highest BCUT2D eigenvalue weighted by molar-refractivity contribution is 7.86. The molecule has 6 heteroatoms. The third-order valence-electron chi connectivity index (χ3n) is 2.17. The van der Waals surface area contributed by atoms with E-state index in [4.69, 9.17) is 9.92 Å². The average Bonchev–Trinajstić information content (AvgIpc) is 2.33. The van der Waals surface area contributed by atoms with Gasteiger partial charge in [-0.15, -0.1) is 0 Å². The van der Waals surface area contributed by atoms with E-state index in [9.17, 15) is 13.2 Å². The second-order valence-corrected chi connectivity index (χ2v) is 4.93. The fourth-order valence-corrected chi connectivity index (χ4v) is 2.44. The Balaban J connectivity index is 2.86. The van der Waals surface area contributed by atoms with Crippen LogP contribution in [0.1, 0.15) is 25.7 Å². The predicted octanol–water partition coefficient (Wildman–Crippen LogP) is -0.239. The molecule has 1 amide bonds. The summed E-state index contributed by atoms with van der Waals surface area (Å²) in [6, 6.07) is 0. The molecule has 1 aliphatic rings. The van der Waals surface area contributed by atoms with E-state index in [2.05, 4.69) is 0 Å².